The molecule has 1 amide bonds. The van der Waals surface area contributed by atoms with E-state index in [2.05, 4.69) is 10.3 Å². The molecule has 2 aliphatic rings. The quantitative estimate of drug-likeness (QED) is 0.833. The molecule has 0 spiro atoms. The molecule has 2 bridgehead atoms. The number of nitrogens with zero attached hydrogens (tertiary/aromatic N) is 1. The minimum absolute atomic E-state index is 0.0108. The van der Waals surface area contributed by atoms with Crippen molar-refractivity contribution < 1.29 is 4.79 Å². The summed E-state index contributed by atoms with van der Waals surface area (Å²) < 4.78 is 0. The lowest BCUT2D eigenvalue weighted by molar-refractivity contribution is -0.121. The zero-order chi connectivity index (χ0) is 12.7. The van der Waals surface area contributed by atoms with Crippen molar-refractivity contribution in [3.05, 3.63) is 24.0 Å². The van der Waals surface area contributed by atoms with Gasteiger partial charge in [0.1, 0.15) is 0 Å². The van der Waals surface area contributed by atoms with Crippen LogP contribution < -0.4 is 11.1 Å². The van der Waals surface area contributed by atoms with Gasteiger partial charge in [0.05, 0.1) is 17.8 Å². The number of rotatable bonds is 2. The highest BCUT2D eigenvalue weighted by Crippen LogP contribution is 2.47. The van der Waals surface area contributed by atoms with Gasteiger partial charge in [-0.1, -0.05) is 0 Å². The molecule has 96 valence electrons. The smallest absolute Gasteiger partial charge is 0.229 e. The van der Waals surface area contributed by atoms with Gasteiger partial charge in [0.15, 0.2) is 0 Å². The van der Waals surface area contributed by atoms with E-state index in [4.69, 9.17) is 5.73 Å². The molecule has 2 fully saturated rings. The number of fused-ring (bicyclic) bond motifs is 2. The first-order valence-electron chi connectivity index (χ1n) is 6.64. The van der Waals surface area contributed by atoms with Crippen molar-refractivity contribution in [3.63, 3.8) is 0 Å². The van der Waals surface area contributed by atoms with E-state index < -0.39 is 0 Å². The molecule has 2 saturated carbocycles. The fraction of sp³-hybridized carbons (Fsp3) is 0.571. The Morgan fingerprint density at radius 3 is 2.89 bits per heavy atom. The summed E-state index contributed by atoms with van der Waals surface area (Å²) in [4.78, 5) is 16.4. The fourth-order valence-corrected chi connectivity index (χ4v) is 3.54. The van der Waals surface area contributed by atoms with E-state index in [0.29, 0.717) is 11.8 Å². The van der Waals surface area contributed by atoms with E-state index in [1.807, 2.05) is 13.0 Å². The van der Waals surface area contributed by atoms with Crippen LogP contribution in [0.3, 0.4) is 0 Å². The number of carbonyl (C=O) groups is 1. The Kier molecular flexibility index (Phi) is 2.82. The van der Waals surface area contributed by atoms with Crippen LogP contribution in [0.15, 0.2) is 18.5 Å². The van der Waals surface area contributed by atoms with E-state index in [1.165, 1.54) is 6.42 Å². The van der Waals surface area contributed by atoms with Crippen molar-refractivity contribution in [1.82, 2.24) is 4.98 Å². The molecular weight excluding hydrogens is 226 g/mol. The van der Waals surface area contributed by atoms with Crippen LogP contribution in [0.25, 0.3) is 0 Å². The summed E-state index contributed by atoms with van der Waals surface area (Å²) in [5, 5.41) is 2.99. The molecule has 0 aromatic carbocycles. The minimum atomic E-state index is -0.0108. The Balaban J connectivity index is 1.74. The monoisotopic (exact) mass is 245 g/mol. The third-order valence-electron chi connectivity index (χ3n) is 4.58. The van der Waals surface area contributed by atoms with E-state index in [0.717, 1.165) is 24.1 Å². The number of hydrogen-bond acceptors (Lipinski definition) is 3. The molecule has 0 radical (unpaired) electrons. The Labute approximate surface area is 107 Å². The van der Waals surface area contributed by atoms with Crippen molar-refractivity contribution in [2.24, 2.45) is 23.5 Å². The number of nitrogens with two attached hydrogens (primary N) is 1. The summed E-state index contributed by atoms with van der Waals surface area (Å²) in [6, 6.07) is 1.94. The van der Waals surface area contributed by atoms with Crippen molar-refractivity contribution in [2.45, 2.75) is 32.2 Å². The SMILES string of the molecule is Cc1ccncc1NC(=O)C1C2CCC(C2)C1N. The normalized spacial score (nSPS) is 33.7. The van der Waals surface area contributed by atoms with Crippen LogP contribution in [0, 0.1) is 24.7 Å². The highest BCUT2D eigenvalue weighted by molar-refractivity contribution is 5.94. The second-order valence-electron chi connectivity index (χ2n) is 5.62. The van der Waals surface area contributed by atoms with Gasteiger partial charge < -0.3 is 11.1 Å². The van der Waals surface area contributed by atoms with E-state index in [1.54, 1.807) is 12.4 Å². The maximum absolute atomic E-state index is 12.3. The zero-order valence-electron chi connectivity index (χ0n) is 10.6. The molecule has 1 aromatic heterocycles. The van der Waals surface area contributed by atoms with Gasteiger partial charge in [-0.2, -0.15) is 0 Å². The molecule has 4 atom stereocenters. The van der Waals surface area contributed by atoms with Gasteiger partial charge in [-0.25, -0.2) is 0 Å². The number of aryl methyl sites for hydroxylation is 1. The maximum atomic E-state index is 12.3. The van der Waals surface area contributed by atoms with Crippen molar-refractivity contribution in [1.29, 1.82) is 0 Å². The summed E-state index contributed by atoms with van der Waals surface area (Å²) in [5.74, 6) is 1.11. The van der Waals surface area contributed by atoms with Gasteiger partial charge >= 0.3 is 0 Å². The van der Waals surface area contributed by atoms with E-state index >= 15 is 0 Å². The summed E-state index contributed by atoms with van der Waals surface area (Å²) in [7, 11) is 0. The number of pyridine rings is 1. The first-order valence-corrected chi connectivity index (χ1v) is 6.64. The average Bonchev–Trinajstić information content (AvgIpc) is 2.92. The van der Waals surface area contributed by atoms with Gasteiger partial charge in [-0.15, -0.1) is 0 Å². The molecular formula is C14H19N3O. The summed E-state index contributed by atoms with van der Waals surface area (Å²) in [6.07, 6.45) is 6.91. The zero-order valence-corrected chi connectivity index (χ0v) is 10.6. The highest BCUT2D eigenvalue weighted by Gasteiger charge is 2.49. The summed E-state index contributed by atoms with van der Waals surface area (Å²) in [5.41, 5.74) is 8.02. The molecule has 4 nitrogen and oxygen atoms in total. The Morgan fingerprint density at radius 1 is 1.44 bits per heavy atom. The van der Waals surface area contributed by atoms with Crippen LogP contribution in [0.2, 0.25) is 0 Å². The van der Waals surface area contributed by atoms with Gasteiger partial charge in [0.2, 0.25) is 5.91 Å². The number of carbonyl (C=O) groups excluding carboxylic acids is 1. The second kappa shape index (κ2) is 4.35. The lowest BCUT2D eigenvalue weighted by atomic mass is 9.84. The number of amides is 1. The first kappa shape index (κ1) is 11.7. The van der Waals surface area contributed by atoms with Gasteiger partial charge in [0, 0.05) is 12.2 Å². The van der Waals surface area contributed by atoms with Crippen molar-refractivity contribution >= 4 is 11.6 Å². The van der Waals surface area contributed by atoms with E-state index in [9.17, 15) is 4.79 Å². The minimum Gasteiger partial charge on any atom is -0.327 e. The van der Waals surface area contributed by atoms with Gasteiger partial charge in [-0.05, 0) is 49.7 Å². The average molecular weight is 245 g/mol. The molecule has 1 aromatic rings. The molecule has 3 rings (SSSR count). The Bertz CT molecular complexity index is 472. The van der Waals surface area contributed by atoms with Gasteiger partial charge in [0.25, 0.3) is 0 Å². The second-order valence-corrected chi connectivity index (χ2v) is 5.62. The van der Waals surface area contributed by atoms with Crippen LogP contribution >= 0.6 is 0 Å². The highest BCUT2D eigenvalue weighted by atomic mass is 16.2. The number of nitrogens with one attached hydrogen (secondary N) is 1. The largest absolute Gasteiger partial charge is 0.327 e. The topological polar surface area (TPSA) is 68.0 Å². The third kappa shape index (κ3) is 1.81. The third-order valence-corrected chi connectivity index (χ3v) is 4.58. The standard InChI is InChI=1S/C14H19N3O/c1-8-4-5-16-7-11(8)17-14(18)12-9-2-3-10(6-9)13(12)15/h4-5,7,9-10,12-13H,2-3,6,15H2,1H3,(H,17,18). The van der Waals surface area contributed by atoms with Crippen LogP contribution in [-0.4, -0.2) is 16.9 Å². The predicted molar refractivity (Wildman–Crippen MR) is 69.9 cm³/mol. The van der Waals surface area contributed by atoms with Gasteiger partial charge in [-0.3, -0.25) is 9.78 Å². The lowest BCUT2D eigenvalue weighted by Gasteiger charge is -2.27. The van der Waals surface area contributed by atoms with Crippen LogP contribution in [0.4, 0.5) is 5.69 Å². The van der Waals surface area contributed by atoms with Crippen molar-refractivity contribution in [3.8, 4) is 0 Å². The van der Waals surface area contributed by atoms with E-state index in [-0.39, 0.29) is 17.9 Å². The molecule has 4 unspecified atom stereocenters. The maximum Gasteiger partial charge on any atom is 0.229 e. The van der Waals surface area contributed by atoms with Crippen molar-refractivity contribution in [2.75, 3.05) is 5.32 Å². The molecule has 18 heavy (non-hydrogen) atoms. The van der Waals surface area contributed by atoms with Crippen LogP contribution in [0.1, 0.15) is 24.8 Å². The number of anilines is 1. The molecule has 0 saturated heterocycles. The Morgan fingerprint density at radius 2 is 2.22 bits per heavy atom. The summed E-state index contributed by atoms with van der Waals surface area (Å²) in [6.45, 7) is 1.97. The molecule has 3 N–H and O–H groups in total. The molecule has 4 heteroatoms. The fourth-order valence-electron chi connectivity index (χ4n) is 3.54. The van der Waals surface area contributed by atoms with Crippen LogP contribution in [-0.2, 0) is 4.79 Å². The molecule has 2 aliphatic carbocycles. The Hall–Kier alpha value is -1.42. The summed E-state index contributed by atoms with van der Waals surface area (Å²) >= 11 is 0. The predicted octanol–water partition coefficient (Wildman–Crippen LogP) is 1.70. The lowest BCUT2D eigenvalue weighted by Crippen LogP contribution is -2.42. The first-order chi connectivity index (χ1) is 8.66. The van der Waals surface area contributed by atoms with Crippen LogP contribution in [0.5, 0.6) is 0 Å². The number of aromatic nitrogens is 1. The number of hydrogen-bond donors (Lipinski definition) is 2. The molecule has 0 aliphatic heterocycles. The molecule has 1 heterocycles.